The van der Waals surface area contributed by atoms with Gasteiger partial charge < -0.3 is 9.26 Å². The Bertz CT molecular complexity index is 441. The zero-order valence-corrected chi connectivity index (χ0v) is 9.56. The van der Waals surface area contributed by atoms with Crippen LogP contribution in [0.5, 0.6) is 5.75 Å². The molecule has 5 nitrogen and oxygen atoms in total. The highest BCUT2D eigenvalue weighted by Gasteiger charge is 2.03. The summed E-state index contributed by atoms with van der Waals surface area (Å²) in [7, 11) is 0. The SMILES string of the molecule is Cc1noc(COc2ccc(Br)nc2)n1. The summed E-state index contributed by atoms with van der Waals surface area (Å²) in [6.45, 7) is 2.01. The van der Waals surface area contributed by atoms with Crippen molar-refractivity contribution in [2.24, 2.45) is 0 Å². The van der Waals surface area contributed by atoms with Gasteiger partial charge in [0.2, 0.25) is 0 Å². The van der Waals surface area contributed by atoms with Crippen molar-refractivity contribution in [2.75, 3.05) is 0 Å². The van der Waals surface area contributed by atoms with E-state index < -0.39 is 0 Å². The summed E-state index contributed by atoms with van der Waals surface area (Å²) in [5.74, 6) is 1.71. The van der Waals surface area contributed by atoms with Gasteiger partial charge in [0.15, 0.2) is 12.4 Å². The maximum atomic E-state index is 5.38. The number of hydrogen-bond donors (Lipinski definition) is 0. The fourth-order valence-corrected chi connectivity index (χ4v) is 1.23. The fourth-order valence-electron chi connectivity index (χ4n) is 0.991. The Balaban J connectivity index is 1.96. The number of rotatable bonds is 3. The zero-order valence-electron chi connectivity index (χ0n) is 7.98. The zero-order chi connectivity index (χ0) is 10.7. The highest BCUT2D eigenvalue weighted by Crippen LogP contribution is 2.13. The van der Waals surface area contributed by atoms with Crippen LogP contribution in [-0.4, -0.2) is 15.1 Å². The van der Waals surface area contributed by atoms with Crippen LogP contribution < -0.4 is 4.74 Å². The van der Waals surface area contributed by atoms with Crippen molar-refractivity contribution in [1.82, 2.24) is 15.1 Å². The third-order valence-corrected chi connectivity index (χ3v) is 2.10. The molecule has 0 N–H and O–H groups in total. The number of pyridine rings is 1. The summed E-state index contributed by atoms with van der Waals surface area (Å²) in [5.41, 5.74) is 0. The predicted octanol–water partition coefficient (Wildman–Crippen LogP) is 2.11. The summed E-state index contributed by atoms with van der Waals surface area (Å²) in [6.07, 6.45) is 1.62. The van der Waals surface area contributed by atoms with Crippen molar-refractivity contribution >= 4 is 15.9 Å². The Morgan fingerprint density at radius 3 is 2.93 bits per heavy atom. The van der Waals surface area contributed by atoms with Crippen molar-refractivity contribution in [3.8, 4) is 5.75 Å². The topological polar surface area (TPSA) is 61.0 Å². The van der Waals surface area contributed by atoms with E-state index in [2.05, 4.69) is 31.1 Å². The predicted molar refractivity (Wildman–Crippen MR) is 55.3 cm³/mol. The fraction of sp³-hybridized carbons (Fsp3) is 0.222. The molecule has 0 aliphatic carbocycles. The minimum absolute atomic E-state index is 0.254. The van der Waals surface area contributed by atoms with Gasteiger partial charge in [-0.25, -0.2) is 4.98 Å². The smallest absolute Gasteiger partial charge is 0.264 e. The first-order chi connectivity index (χ1) is 7.24. The van der Waals surface area contributed by atoms with Gasteiger partial charge in [-0.05, 0) is 35.0 Å². The molecule has 2 aromatic heterocycles. The second-order valence-corrected chi connectivity index (χ2v) is 3.65. The molecule has 15 heavy (non-hydrogen) atoms. The molecule has 0 bridgehead atoms. The van der Waals surface area contributed by atoms with E-state index in [1.54, 1.807) is 25.3 Å². The minimum atomic E-state index is 0.254. The molecular formula is C9H8BrN3O2. The van der Waals surface area contributed by atoms with Gasteiger partial charge in [0.25, 0.3) is 5.89 Å². The van der Waals surface area contributed by atoms with E-state index in [9.17, 15) is 0 Å². The summed E-state index contributed by atoms with van der Waals surface area (Å²) in [4.78, 5) is 8.03. The summed E-state index contributed by atoms with van der Waals surface area (Å²) in [6, 6.07) is 3.61. The molecule has 78 valence electrons. The molecule has 0 aromatic carbocycles. The van der Waals surface area contributed by atoms with Crippen molar-refractivity contribution in [2.45, 2.75) is 13.5 Å². The van der Waals surface area contributed by atoms with Gasteiger partial charge in [-0.1, -0.05) is 5.16 Å². The molecule has 0 aliphatic heterocycles. The molecule has 2 rings (SSSR count). The number of nitrogens with zero attached hydrogens (tertiary/aromatic N) is 3. The third kappa shape index (κ3) is 2.76. The minimum Gasteiger partial charge on any atom is -0.482 e. The molecule has 0 atom stereocenters. The van der Waals surface area contributed by atoms with E-state index in [1.807, 2.05) is 0 Å². The first kappa shape index (κ1) is 10.1. The van der Waals surface area contributed by atoms with E-state index in [0.29, 0.717) is 17.5 Å². The average Bonchev–Trinajstić information content (AvgIpc) is 2.64. The van der Waals surface area contributed by atoms with E-state index in [1.165, 1.54) is 0 Å². The van der Waals surface area contributed by atoms with Crippen LogP contribution in [0, 0.1) is 6.92 Å². The number of hydrogen-bond acceptors (Lipinski definition) is 5. The second kappa shape index (κ2) is 4.39. The van der Waals surface area contributed by atoms with Crippen molar-refractivity contribution < 1.29 is 9.26 Å². The number of halogens is 1. The maximum absolute atomic E-state index is 5.38. The average molecular weight is 270 g/mol. The van der Waals surface area contributed by atoms with Crippen molar-refractivity contribution in [3.63, 3.8) is 0 Å². The summed E-state index contributed by atoms with van der Waals surface area (Å²) >= 11 is 3.24. The van der Waals surface area contributed by atoms with Crippen LogP contribution in [0.2, 0.25) is 0 Å². The third-order valence-electron chi connectivity index (χ3n) is 1.63. The van der Waals surface area contributed by atoms with E-state index in [4.69, 9.17) is 9.26 Å². The lowest BCUT2D eigenvalue weighted by atomic mass is 10.5. The van der Waals surface area contributed by atoms with Crippen LogP contribution in [0.3, 0.4) is 0 Å². The quantitative estimate of drug-likeness (QED) is 0.799. The Kier molecular flexibility index (Phi) is 2.96. The van der Waals surface area contributed by atoms with Crippen molar-refractivity contribution in [1.29, 1.82) is 0 Å². The molecule has 0 fully saturated rings. The molecule has 6 heteroatoms. The Labute approximate surface area is 94.6 Å². The first-order valence-electron chi connectivity index (χ1n) is 4.27. The van der Waals surface area contributed by atoms with Gasteiger partial charge in [0.05, 0.1) is 6.20 Å². The standard InChI is InChI=1S/C9H8BrN3O2/c1-6-12-9(15-13-6)5-14-7-2-3-8(10)11-4-7/h2-4H,5H2,1H3. The number of ether oxygens (including phenoxy) is 1. The largest absolute Gasteiger partial charge is 0.482 e. The first-order valence-corrected chi connectivity index (χ1v) is 5.07. The Morgan fingerprint density at radius 1 is 1.47 bits per heavy atom. The van der Waals surface area contributed by atoms with Crippen LogP contribution in [0.25, 0.3) is 0 Å². The highest BCUT2D eigenvalue weighted by atomic mass is 79.9. The van der Waals surface area contributed by atoms with Crippen LogP contribution in [0.1, 0.15) is 11.7 Å². The van der Waals surface area contributed by atoms with Crippen LogP contribution in [-0.2, 0) is 6.61 Å². The summed E-state index contributed by atoms with van der Waals surface area (Å²) in [5, 5.41) is 3.65. The molecule has 2 heterocycles. The van der Waals surface area contributed by atoms with Crippen LogP contribution >= 0.6 is 15.9 Å². The Hall–Kier alpha value is -1.43. The second-order valence-electron chi connectivity index (χ2n) is 2.84. The lowest BCUT2D eigenvalue weighted by Crippen LogP contribution is -1.96. The highest BCUT2D eigenvalue weighted by molar-refractivity contribution is 9.10. The molecule has 2 aromatic rings. The van der Waals surface area contributed by atoms with Gasteiger partial charge in [0.1, 0.15) is 10.4 Å². The van der Waals surface area contributed by atoms with E-state index in [-0.39, 0.29) is 6.61 Å². The molecule has 0 aliphatic rings. The van der Waals surface area contributed by atoms with E-state index in [0.717, 1.165) is 4.60 Å². The van der Waals surface area contributed by atoms with E-state index >= 15 is 0 Å². The van der Waals surface area contributed by atoms with Gasteiger partial charge in [-0.3, -0.25) is 0 Å². The van der Waals surface area contributed by atoms with Crippen LogP contribution in [0.4, 0.5) is 0 Å². The molecule has 0 unspecified atom stereocenters. The van der Waals surface area contributed by atoms with Gasteiger partial charge in [-0.2, -0.15) is 4.98 Å². The molecule has 0 saturated carbocycles. The van der Waals surface area contributed by atoms with Gasteiger partial charge in [-0.15, -0.1) is 0 Å². The lowest BCUT2D eigenvalue weighted by Gasteiger charge is -2.01. The lowest BCUT2D eigenvalue weighted by molar-refractivity contribution is 0.242. The monoisotopic (exact) mass is 269 g/mol. The molecular weight excluding hydrogens is 262 g/mol. The van der Waals surface area contributed by atoms with Gasteiger partial charge in [0, 0.05) is 0 Å². The molecule has 0 amide bonds. The molecule has 0 radical (unpaired) electrons. The van der Waals surface area contributed by atoms with Crippen LogP contribution in [0.15, 0.2) is 27.5 Å². The van der Waals surface area contributed by atoms with Gasteiger partial charge >= 0.3 is 0 Å². The van der Waals surface area contributed by atoms with Crippen molar-refractivity contribution in [3.05, 3.63) is 34.6 Å². The maximum Gasteiger partial charge on any atom is 0.264 e. The summed E-state index contributed by atoms with van der Waals surface area (Å²) < 4.78 is 11.0. The molecule has 0 spiro atoms. The molecule has 0 saturated heterocycles. The Morgan fingerprint density at radius 2 is 2.33 bits per heavy atom. The normalized spacial score (nSPS) is 10.3. The number of aryl methyl sites for hydroxylation is 1. The number of aromatic nitrogens is 3.